The highest BCUT2D eigenvalue weighted by molar-refractivity contribution is 6.04. The molecule has 0 aliphatic heterocycles. The average molecular weight is 313 g/mol. The third-order valence-corrected chi connectivity index (χ3v) is 6.36. The molecule has 1 amide bonds. The van der Waals surface area contributed by atoms with E-state index >= 15 is 0 Å². The van der Waals surface area contributed by atoms with Crippen molar-refractivity contribution in [3.63, 3.8) is 0 Å². The predicted molar refractivity (Wildman–Crippen MR) is 87.2 cm³/mol. The number of aromatic nitrogens is 4. The van der Waals surface area contributed by atoms with Gasteiger partial charge in [-0.15, -0.1) is 0 Å². The van der Waals surface area contributed by atoms with E-state index in [1.807, 2.05) is 13.1 Å². The van der Waals surface area contributed by atoms with Gasteiger partial charge in [-0.2, -0.15) is 10.2 Å². The Labute approximate surface area is 135 Å². The van der Waals surface area contributed by atoms with E-state index in [2.05, 4.69) is 41.4 Å². The van der Waals surface area contributed by atoms with E-state index in [4.69, 9.17) is 0 Å². The average Bonchev–Trinajstić information content (AvgIpc) is 2.94. The molecule has 2 aromatic heterocycles. The molecule has 2 aliphatic carbocycles. The van der Waals surface area contributed by atoms with Gasteiger partial charge >= 0.3 is 0 Å². The van der Waals surface area contributed by atoms with Crippen molar-refractivity contribution >= 4 is 11.6 Å². The van der Waals surface area contributed by atoms with Crippen LogP contribution < -0.4 is 5.32 Å². The minimum absolute atomic E-state index is 0.153. The lowest BCUT2D eigenvalue weighted by atomic mass is 9.86. The number of fused-ring (bicyclic) bond motifs is 2. The van der Waals surface area contributed by atoms with Crippen LogP contribution in [-0.4, -0.2) is 25.9 Å². The Kier molecular flexibility index (Phi) is 2.81. The lowest BCUT2D eigenvalue weighted by molar-refractivity contribution is 0.102. The fourth-order valence-electron chi connectivity index (χ4n) is 4.35. The van der Waals surface area contributed by atoms with Crippen molar-refractivity contribution < 1.29 is 4.79 Å². The van der Waals surface area contributed by atoms with E-state index < -0.39 is 0 Å². The normalized spacial score (nSPS) is 27.2. The van der Waals surface area contributed by atoms with E-state index in [-0.39, 0.29) is 5.91 Å². The first-order valence-corrected chi connectivity index (χ1v) is 8.26. The standard InChI is InChI=1S/C17H23N5O/c1-5-22-9-10(8-18-22)19-15(23)14-11-6-13-16(2,3)17(13,4)7-12(11)20-21-14/h8-9,13H,5-7H2,1-4H3,(H,19,23)(H,20,21). The summed E-state index contributed by atoms with van der Waals surface area (Å²) in [5.41, 5.74) is 4.14. The minimum atomic E-state index is -0.153. The maximum atomic E-state index is 12.6. The lowest BCUT2D eigenvalue weighted by Gasteiger charge is -2.18. The summed E-state index contributed by atoms with van der Waals surface area (Å²) < 4.78 is 1.79. The second kappa shape index (κ2) is 4.46. The van der Waals surface area contributed by atoms with Gasteiger partial charge in [-0.05, 0) is 36.5 Å². The van der Waals surface area contributed by atoms with E-state index in [9.17, 15) is 4.79 Å². The zero-order chi connectivity index (χ0) is 16.4. The van der Waals surface area contributed by atoms with Crippen molar-refractivity contribution in [1.82, 2.24) is 20.0 Å². The fraction of sp³-hybridized carbons (Fsp3) is 0.588. The largest absolute Gasteiger partial charge is 0.318 e. The second-order valence-corrected chi connectivity index (χ2v) is 7.64. The number of carbonyl (C=O) groups excluding carboxylic acids is 1. The number of carbonyl (C=O) groups is 1. The van der Waals surface area contributed by atoms with E-state index in [0.717, 1.165) is 30.6 Å². The highest BCUT2D eigenvalue weighted by Crippen LogP contribution is 2.72. The highest BCUT2D eigenvalue weighted by Gasteiger charge is 2.69. The zero-order valence-corrected chi connectivity index (χ0v) is 14.1. The van der Waals surface area contributed by atoms with Gasteiger partial charge in [0.2, 0.25) is 0 Å². The van der Waals surface area contributed by atoms with Gasteiger partial charge in [0, 0.05) is 24.0 Å². The zero-order valence-electron chi connectivity index (χ0n) is 14.1. The Morgan fingerprint density at radius 2 is 2.26 bits per heavy atom. The van der Waals surface area contributed by atoms with Gasteiger partial charge in [-0.25, -0.2) is 0 Å². The Bertz CT molecular complexity index is 787. The number of nitrogens with zero attached hydrogens (tertiary/aromatic N) is 3. The van der Waals surface area contributed by atoms with Gasteiger partial charge < -0.3 is 5.32 Å². The molecular weight excluding hydrogens is 290 g/mol. The Morgan fingerprint density at radius 3 is 2.96 bits per heavy atom. The summed E-state index contributed by atoms with van der Waals surface area (Å²) in [5.74, 6) is 0.481. The first-order chi connectivity index (χ1) is 10.9. The topological polar surface area (TPSA) is 75.6 Å². The van der Waals surface area contributed by atoms with Crippen LogP contribution in [-0.2, 0) is 19.4 Å². The van der Waals surface area contributed by atoms with Crippen LogP contribution in [0.15, 0.2) is 12.4 Å². The molecule has 2 aliphatic rings. The second-order valence-electron chi connectivity index (χ2n) is 7.64. The summed E-state index contributed by atoms with van der Waals surface area (Å²) in [7, 11) is 0. The fourth-order valence-corrected chi connectivity index (χ4v) is 4.35. The van der Waals surface area contributed by atoms with Crippen molar-refractivity contribution in [2.75, 3.05) is 5.32 Å². The molecule has 6 heteroatoms. The molecule has 122 valence electrons. The van der Waals surface area contributed by atoms with Crippen LogP contribution in [0.25, 0.3) is 0 Å². The summed E-state index contributed by atoms with van der Waals surface area (Å²) in [6, 6.07) is 0. The molecule has 0 bridgehead atoms. The smallest absolute Gasteiger partial charge is 0.276 e. The lowest BCUT2D eigenvalue weighted by Crippen LogP contribution is -2.18. The molecule has 1 fully saturated rings. The third-order valence-electron chi connectivity index (χ3n) is 6.36. The third kappa shape index (κ3) is 1.90. The van der Waals surface area contributed by atoms with Gasteiger partial charge in [-0.1, -0.05) is 20.8 Å². The Morgan fingerprint density at radius 1 is 1.48 bits per heavy atom. The van der Waals surface area contributed by atoms with Gasteiger partial charge in [0.15, 0.2) is 5.69 Å². The van der Waals surface area contributed by atoms with Crippen LogP contribution in [0.2, 0.25) is 0 Å². The number of H-pyrrole nitrogens is 1. The number of aromatic amines is 1. The van der Waals surface area contributed by atoms with Crippen LogP contribution in [0.1, 0.15) is 49.4 Å². The van der Waals surface area contributed by atoms with Gasteiger partial charge in [0.05, 0.1) is 11.9 Å². The summed E-state index contributed by atoms with van der Waals surface area (Å²) >= 11 is 0. The van der Waals surface area contributed by atoms with Crippen LogP contribution >= 0.6 is 0 Å². The molecule has 0 aromatic carbocycles. The Balaban J connectivity index is 1.57. The quantitative estimate of drug-likeness (QED) is 0.914. The number of amides is 1. The summed E-state index contributed by atoms with van der Waals surface area (Å²) in [6.45, 7) is 9.80. The summed E-state index contributed by atoms with van der Waals surface area (Å²) in [4.78, 5) is 12.6. The van der Waals surface area contributed by atoms with Crippen molar-refractivity contribution in [2.45, 2.75) is 47.1 Å². The van der Waals surface area contributed by atoms with Crippen molar-refractivity contribution in [1.29, 1.82) is 0 Å². The molecule has 0 spiro atoms. The minimum Gasteiger partial charge on any atom is -0.318 e. The molecule has 2 unspecified atom stereocenters. The van der Waals surface area contributed by atoms with E-state index in [1.165, 1.54) is 0 Å². The maximum Gasteiger partial charge on any atom is 0.276 e. The molecular formula is C17H23N5O. The van der Waals surface area contributed by atoms with E-state index in [1.54, 1.807) is 10.9 Å². The molecule has 2 aromatic rings. The molecule has 2 N–H and O–H groups in total. The first kappa shape index (κ1) is 14.5. The number of nitrogens with one attached hydrogen (secondary N) is 2. The molecule has 4 rings (SSSR count). The SMILES string of the molecule is CCn1cc(NC(=O)c2n[nH]c3c2CC2C(C)(C)C2(C)C3)cn1. The first-order valence-electron chi connectivity index (χ1n) is 8.26. The molecule has 2 atom stereocenters. The van der Waals surface area contributed by atoms with Crippen LogP contribution in [0, 0.1) is 16.7 Å². The Hall–Kier alpha value is -2.11. The molecule has 1 saturated carbocycles. The van der Waals surface area contributed by atoms with Gasteiger partial charge in [0.1, 0.15) is 0 Å². The van der Waals surface area contributed by atoms with E-state index in [0.29, 0.717) is 28.1 Å². The number of hydrogen-bond acceptors (Lipinski definition) is 3. The van der Waals surface area contributed by atoms with Crippen LogP contribution in [0.5, 0.6) is 0 Å². The predicted octanol–water partition coefficient (Wildman–Crippen LogP) is 2.64. The highest BCUT2D eigenvalue weighted by atomic mass is 16.2. The number of aryl methyl sites for hydroxylation is 1. The molecule has 0 saturated heterocycles. The van der Waals surface area contributed by atoms with Gasteiger partial charge in [-0.3, -0.25) is 14.6 Å². The number of anilines is 1. The van der Waals surface area contributed by atoms with Crippen molar-refractivity contribution in [3.05, 3.63) is 29.3 Å². The van der Waals surface area contributed by atoms with Gasteiger partial charge in [0.25, 0.3) is 5.91 Å². The summed E-state index contributed by atoms with van der Waals surface area (Å²) in [6.07, 6.45) is 5.42. The number of rotatable bonds is 3. The molecule has 0 radical (unpaired) electrons. The summed E-state index contributed by atoms with van der Waals surface area (Å²) in [5, 5.41) is 14.5. The van der Waals surface area contributed by atoms with Crippen LogP contribution in [0.4, 0.5) is 5.69 Å². The monoisotopic (exact) mass is 313 g/mol. The maximum absolute atomic E-state index is 12.6. The number of hydrogen-bond donors (Lipinski definition) is 2. The molecule has 6 nitrogen and oxygen atoms in total. The van der Waals surface area contributed by atoms with Crippen LogP contribution in [0.3, 0.4) is 0 Å². The molecule has 2 heterocycles. The van der Waals surface area contributed by atoms with Crippen molar-refractivity contribution in [2.24, 2.45) is 16.7 Å². The van der Waals surface area contributed by atoms with Crippen molar-refractivity contribution in [3.8, 4) is 0 Å². The molecule has 23 heavy (non-hydrogen) atoms.